The molecule has 2 aromatic carbocycles. The van der Waals surface area contributed by atoms with E-state index in [9.17, 15) is 14.0 Å². The normalized spacial score (nSPS) is 14.2. The summed E-state index contributed by atoms with van der Waals surface area (Å²) in [5.74, 6) is -0.523. The Morgan fingerprint density at radius 2 is 1.71 bits per heavy atom. The molecule has 28 heavy (non-hydrogen) atoms. The number of anilines is 1. The summed E-state index contributed by atoms with van der Waals surface area (Å²) in [5, 5.41) is 14.3. The number of rotatable bonds is 5. The maximum atomic E-state index is 13.0. The summed E-state index contributed by atoms with van der Waals surface area (Å²) in [6.07, 6.45) is 2.23. The van der Waals surface area contributed by atoms with Gasteiger partial charge < -0.3 is 15.5 Å². The topological polar surface area (TPSA) is 85.2 Å². The van der Waals surface area contributed by atoms with Crippen molar-refractivity contribution in [3.8, 4) is 6.07 Å². The van der Waals surface area contributed by atoms with E-state index in [-0.39, 0.29) is 5.91 Å². The van der Waals surface area contributed by atoms with E-state index >= 15 is 0 Å². The zero-order chi connectivity index (χ0) is 19.9. The Kier molecular flexibility index (Phi) is 6.22. The molecule has 2 N–H and O–H groups in total. The molecule has 7 heteroatoms. The fourth-order valence-corrected chi connectivity index (χ4v) is 3.17. The highest BCUT2D eigenvalue weighted by atomic mass is 19.1. The van der Waals surface area contributed by atoms with Crippen molar-refractivity contribution in [2.75, 3.05) is 18.4 Å². The van der Waals surface area contributed by atoms with Gasteiger partial charge in [-0.3, -0.25) is 4.79 Å². The van der Waals surface area contributed by atoms with Crippen LogP contribution in [0.5, 0.6) is 0 Å². The second-order valence-corrected chi connectivity index (χ2v) is 6.70. The molecular formula is C21H21FN4O2. The number of benzene rings is 2. The van der Waals surface area contributed by atoms with Gasteiger partial charge in [0.15, 0.2) is 0 Å². The first-order valence-electron chi connectivity index (χ1n) is 9.16. The lowest BCUT2D eigenvalue weighted by Gasteiger charge is -2.24. The average molecular weight is 380 g/mol. The van der Waals surface area contributed by atoms with Crippen LogP contribution in [0.2, 0.25) is 0 Å². The first-order chi connectivity index (χ1) is 13.5. The molecule has 2 aromatic rings. The Morgan fingerprint density at radius 3 is 2.32 bits per heavy atom. The standard InChI is InChI=1S/C21H21FN4O2/c22-17-7-9-18(10-8-17)24-21(28)25-19(20(27)26-11-1-2-12-26)13-15-3-5-16(14-23)6-4-15/h3-10,19H,1-2,11-13H2,(H2,24,25,28)/t19-/m0/s1. The maximum absolute atomic E-state index is 13.0. The first-order valence-corrected chi connectivity index (χ1v) is 9.16. The number of amides is 3. The van der Waals surface area contributed by atoms with Crippen LogP contribution in [0.4, 0.5) is 14.9 Å². The number of nitrogens with zero attached hydrogens (tertiary/aromatic N) is 2. The Labute approximate surface area is 163 Å². The second kappa shape index (κ2) is 9.00. The monoisotopic (exact) mass is 380 g/mol. The number of urea groups is 1. The zero-order valence-electron chi connectivity index (χ0n) is 15.3. The molecule has 1 atom stereocenters. The summed E-state index contributed by atoms with van der Waals surface area (Å²) in [6.45, 7) is 1.37. The summed E-state index contributed by atoms with van der Waals surface area (Å²) < 4.78 is 13.0. The third-order valence-electron chi connectivity index (χ3n) is 4.65. The lowest BCUT2D eigenvalue weighted by atomic mass is 10.0. The van der Waals surface area contributed by atoms with Crippen LogP contribution < -0.4 is 10.6 Å². The number of hydrogen-bond acceptors (Lipinski definition) is 3. The van der Waals surface area contributed by atoms with E-state index < -0.39 is 17.9 Å². The van der Waals surface area contributed by atoms with Crippen molar-refractivity contribution in [1.82, 2.24) is 10.2 Å². The highest BCUT2D eigenvalue weighted by Gasteiger charge is 2.28. The van der Waals surface area contributed by atoms with Crippen LogP contribution in [0.3, 0.4) is 0 Å². The van der Waals surface area contributed by atoms with Crippen LogP contribution in [0.15, 0.2) is 48.5 Å². The molecule has 0 unspecified atom stereocenters. The quantitative estimate of drug-likeness (QED) is 0.836. The molecule has 1 heterocycles. The van der Waals surface area contributed by atoms with Gasteiger partial charge in [0.1, 0.15) is 11.9 Å². The van der Waals surface area contributed by atoms with Gasteiger partial charge in [-0.2, -0.15) is 5.26 Å². The number of carbonyl (C=O) groups excluding carboxylic acids is 2. The summed E-state index contributed by atoms with van der Waals surface area (Å²) in [5.41, 5.74) is 1.82. The van der Waals surface area contributed by atoms with E-state index in [0.717, 1.165) is 18.4 Å². The molecule has 0 spiro atoms. The molecule has 0 saturated carbocycles. The van der Waals surface area contributed by atoms with E-state index in [1.807, 2.05) is 0 Å². The number of hydrogen-bond donors (Lipinski definition) is 2. The Bertz CT molecular complexity index is 869. The van der Waals surface area contributed by atoms with Crippen LogP contribution in [0, 0.1) is 17.1 Å². The fourth-order valence-electron chi connectivity index (χ4n) is 3.17. The minimum Gasteiger partial charge on any atom is -0.341 e. The summed E-state index contributed by atoms with van der Waals surface area (Å²) in [4.78, 5) is 27.0. The van der Waals surface area contributed by atoms with Crippen molar-refractivity contribution in [2.45, 2.75) is 25.3 Å². The Morgan fingerprint density at radius 1 is 1.07 bits per heavy atom. The van der Waals surface area contributed by atoms with Crippen molar-refractivity contribution < 1.29 is 14.0 Å². The molecule has 144 valence electrons. The number of carbonyl (C=O) groups is 2. The van der Waals surface area contributed by atoms with Crippen LogP contribution in [-0.2, 0) is 11.2 Å². The smallest absolute Gasteiger partial charge is 0.319 e. The minimum absolute atomic E-state index is 0.129. The number of halogens is 1. The SMILES string of the molecule is N#Cc1ccc(C[C@H](NC(=O)Nc2ccc(F)cc2)C(=O)N2CCCC2)cc1. The summed E-state index contributed by atoms with van der Waals surface area (Å²) in [6, 6.07) is 13.1. The molecule has 0 radical (unpaired) electrons. The average Bonchev–Trinajstić information content (AvgIpc) is 3.24. The van der Waals surface area contributed by atoms with Gasteiger partial charge in [-0.1, -0.05) is 12.1 Å². The lowest BCUT2D eigenvalue weighted by molar-refractivity contribution is -0.132. The molecule has 1 aliphatic heterocycles. The third kappa shape index (κ3) is 5.07. The zero-order valence-corrected chi connectivity index (χ0v) is 15.3. The minimum atomic E-state index is -0.730. The molecule has 1 saturated heterocycles. The molecule has 1 aliphatic rings. The van der Waals surface area contributed by atoms with Gasteiger partial charge in [-0.05, 0) is 54.8 Å². The van der Waals surface area contributed by atoms with Crippen molar-refractivity contribution in [2.24, 2.45) is 0 Å². The molecule has 0 aromatic heterocycles. The van der Waals surface area contributed by atoms with Crippen molar-refractivity contribution in [3.63, 3.8) is 0 Å². The van der Waals surface area contributed by atoms with Gasteiger partial charge in [0.05, 0.1) is 11.6 Å². The van der Waals surface area contributed by atoms with Crippen LogP contribution in [0.1, 0.15) is 24.0 Å². The predicted octanol–water partition coefficient (Wildman–Crippen LogP) is 3.05. The summed E-state index contributed by atoms with van der Waals surface area (Å²) in [7, 11) is 0. The lowest BCUT2D eigenvalue weighted by Crippen LogP contribution is -2.50. The van der Waals surface area contributed by atoms with Gasteiger partial charge in [-0.25, -0.2) is 9.18 Å². The molecule has 3 amide bonds. The molecule has 1 fully saturated rings. The van der Waals surface area contributed by atoms with Crippen LogP contribution >= 0.6 is 0 Å². The predicted molar refractivity (Wildman–Crippen MR) is 103 cm³/mol. The number of nitriles is 1. The van der Waals surface area contributed by atoms with E-state index in [2.05, 4.69) is 16.7 Å². The van der Waals surface area contributed by atoms with Gasteiger partial charge >= 0.3 is 6.03 Å². The Balaban J connectivity index is 1.70. The molecule has 6 nitrogen and oxygen atoms in total. The largest absolute Gasteiger partial charge is 0.341 e. The van der Waals surface area contributed by atoms with Crippen molar-refractivity contribution >= 4 is 17.6 Å². The highest BCUT2D eigenvalue weighted by molar-refractivity contribution is 5.93. The first kappa shape index (κ1) is 19.4. The molecule has 0 bridgehead atoms. The van der Waals surface area contributed by atoms with Gasteiger partial charge in [0.2, 0.25) is 5.91 Å². The highest BCUT2D eigenvalue weighted by Crippen LogP contribution is 2.14. The van der Waals surface area contributed by atoms with E-state index in [4.69, 9.17) is 5.26 Å². The van der Waals surface area contributed by atoms with Crippen LogP contribution in [-0.4, -0.2) is 36.0 Å². The Hall–Kier alpha value is -3.40. The summed E-state index contributed by atoms with van der Waals surface area (Å²) >= 11 is 0. The van der Waals surface area contributed by atoms with Crippen LogP contribution in [0.25, 0.3) is 0 Å². The van der Waals surface area contributed by atoms with E-state index in [1.165, 1.54) is 24.3 Å². The molecule has 0 aliphatic carbocycles. The number of likely N-dealkylation sites (tertiary alicyclic amines) is 1. The van der Waals surface area contributed by atoms with Crippen molar-refractivity contribution in [3.05, 3.63) is 65.5 Å². The fraction of sp³-hybridized carbons (Fsp3) is 0.286. The van der Waals surface area contributed by atoms with Crippen molar-refractivity contribution in [1.29, 1.82) is 5.26 Å². The third-order valence-corrected chi connectivity index (χ3v) is 4.65. The number of nitrogens with one attached hydrogen (secondary N) is 2. The van der Waals surface area contributed by atoms with Gasteiger partial charge in [-0.15, -0.1) is 0 Å². The van der Waals surface area contributed by atoms with E-state index in [1.54, 1.807) is 29.2 Å². The molecule has 3 rings (SSSR count). The second-order valence-electron chi connectivity index (χ2n) is 6.70. The van der Waals surface area contributed by atoms with Gasteiger partial charge in [0.25, 0.3) is 0 Å². The maximum Gasteiger partial charge on any atom is 0.319 e. The van der Waals surface area contributed by atoms with Gasteiger partial charge in [0, 0.05) is 25.2 Å². The van der Waals surface area contributed by atoms with E-state index in [0.29, 0.717) is 30.8 Å². The molecular weight excluding hydrogens is 359 g/mol.